The van der Waals surface area contributed by atoms with Gasteiger partial charge in [0.05, 0.1) is 13.7 Å². The number of nitrogens with two attached hydrogens (primary N) is 1. The van der Waals surface area contributed by atoms with Gasteiger partial charge in [-0.2, -0.15) is 8.42 Å². The van der Waals surface area contributed by atoms with Crippen molar-refractivity contribution in [3.05, 3.63) is 0 Å². The maximum atomic E-state index is 9.33. The van der Waals surface area contributed by atoms with Crippen molar-refractivity contribution in [3.63, 3.8) is 0 Å². The Balaban J connectivity index is 0. The summed E-state index contributed by atoms with van der Waals surface area (Å²) in [6, 6.07) is 0. The zero-order valence-electron chi connectivity index (χ0n) is 6.21. The van der Waals surface area contributed by atoms with Gasteiger partial charge in [-0.05, 0) is 0 Å². The molecule has 0 aromatic rings. The van der Waals surface area contributed by atoms with E-state index in [2.05, 4.69) is 9.92 Å². The first-order chi connectivity index (χ1) is 5.12. The zero-order valence-corrected chi connectivity index (χ0v) is 7.02. The highest BCUT2D eigenvalue weighted by Crippen LogP contribution is 1.82. The molecule has 0 aliphatic rings. The minimum absolute atomic E-state index is 0.562. The highest BCUT2D eigenvalue weighted by Gasteiger charge is 2.12. The molecule has 8 nitrogen and oxygen atoms in total. The number of aliphatic hydroxyl groups is 3. The van der Waals surface area contributed by atoms with Crippen LogP contribution in [0.3, 0.4) is 0 Å². The van der Waals surface area contributed by atoms with Gasteiger partial charge in [0, 0.05) is 0 Å². The lowest BCUT2D eigenvalue weighted by Gasteiger charge is -2.07. The Morgan fingerprint density at radius 2 is 1.58 bits per heavy atom. The molecule has 0 aliphatic carbocycles. The summed E-state index contributed by atoms with van der Waals surface area (Å²) in [5.41, 5.74) is 4.56. The summed E-state index contributed by atoms with van der Waals surface area (Å²) in [7, 11) is -3.29. The van der Waals surface area contributed by atoms with E-state index in [1.165, 1.54) is 0 Å². The molecular weight excluding hydrogens is 194 g/mol. The van der Waals surface area contributed by atoms with E-state index in [1.54, 1.807) is 0 Å². The van der Waals surface area contributed by atoms with Crippen LogP contribution in [0.15, 0.2) is 0 Å². The van der Waals surface area contributed by atoms with Crippen LogP contribution in [0.1, 0.15) is 0 Å². The van der Waals surface area contributed by atoms with E-state index in [0.717, 1.165) is 7.11 Å². The van der Waals surface area contributed by atoms with Gasteiger partial charge in [0.1, 0.15) is 0 Å². The van der Waals surface area contributed by atoms with Crippen LogP contribution in [-0.2, 0) is 14.6 Å². The van der Waals surface area contributed by atoms with Crippen molar-refractivity contribution in [2.24, 2.45) is 5.73 Å². The first-order valence-corrected chi connectivity index (χ1v) is 3.89. The molecule has 0 aromatic heterocycles. The number of hydrogen-bond acceptors (Lipinski definition) is 7. The third-order valence-electron chi connectivity index (χ3n) is 0.484. The maximum Gasteiger partial charge on any atom is 0.397 e. The second kappa shape index (κ2) is 5.37. The monoisotopic (exact) mass is 205 g/mol. The van der Waals surface area contributed by atoms with E-state index >= 15 is 0 Å². The average molecular weight is 205 g/mol. The highest BCUT2D eigenvalue weighted by atomic mass is 32.3. The number of rotatable bonds is 2. The third kappa shape index (κ3) is 22.6. The molecule has 76 valence electrons. The maximum absolute atomic E-state index is 9.33. The van der Waals surface area contributed by atoms with Crippen molar-refractivity contribution in [1.29, 1.82) is 0 Å². The van der Waals surface area contributed by atoms with Crippen molar-refractivity contribution in [2.45, 2.75) is 5.97 Å². The Labute approximate surface area is 69.1 Å². The molecule has 0 amide bonds. The molecule has 0 saturated carbocycles. The largest absolute Gasteiger partial charge is 0.397 e. The molecule has 0 saturated heterocycles. The predicted octanol–water partition coefficient (Wildman–Crippen LogP) is -2.99. The van der Waals surface area contributed by atoms with Gasteiger partial charge in [-0.1, -0.05) is 0 Å². The van der Waals surface area contributed by atoms with Gasteiger partial charge in [-0.25, -0.2) is 0 Å². The van der Waals surface area contributed by atoms with Crippen LogP contribution in [0.2, 0.25) is 0 Å². The van der Waals surface area contributed by atoms with E-state index in [0.29, 0.717) is 0 Å². The molecule has 0 unspecified atom stereocenters. The van der Waals surface area contributed by atoms with Gasteiger partial charge in [-0.15, -0.1) is 0 Å². The van der Waals surface area contributed by atoms with Gasteiger partial charge < -0.3 is 21.1 Å². The minimum Gasteiger partial charge on any atom is -0.343 e. The summed E-state index contributed by atoms with van der Waals surface area (Å²) in [6.07, 6.45) is 0. The SMILES string of the molecule is COS(=O)(=O)O.NCC(O)(O)O. The summed E-state index contributed by atoms with van der Waals surface area (Å²) in [5.74, 6) is -2.68. The molecule has 0 radical (unpaired) electrons. The fourth-order valence-corrected chi connectivity index (χ4v) is 0. The Kier molecular flexibility index (Phi) is 6.38. The molecule has 0 heterocycles. The van der Waals surface area contributed by atoms with Crippen molar-refractivity contribution in [1.82, 2.24) is 0 Å². The van der Waals surface area contributed by atoms with Crippen LogP contribution in [0.5, 0.6) is 0 Å². The van der Waals surface area contributed by atoms with E-state index in [9.17, 15) is 8.42 Å². The summed E-state index contributed by atoms with van der Waals surface area (Å²) in [4.78, 5) is 0. The molecule has 0 rings (SSSR count). The topological polar surface area (TPSA) is 150 Å². The molecule has 0 aliphatic heterocycles. The van der Waals surface area contributed by atoms with Crippen molar-refractivity contribution >= 4 is 10.4 Å². The van der Waals surface area contributed by atoms with Gasteiger partial charge >= 0.3 is 10.4 Å². The third-order valence-corrected chi connectivity index (χ3v) is 0.906. The lowest BCUT2D eigenvalue weighted by atomic mass is 10.6. The quantitative estimate of drug-likeness (QED) is 0.236. The Bertz CT molecular complexity index is 191. The normalized spacial score (nSPS) is 11.8. The van der Waals surface area contributed by atoms with Crippen LogP contribution in [0.25, 0.3) is 0 Å². The highest BCUT2D eigenvalue weighted by molar-refractivity contribution is 7.80. The first kappa shape index (κ1) is 14.2. The molecule has 0 aromatic carbocycles. The van der Waals surface area contributed by atoms with E-state index < -0.39 is 22.9 Å². The van der Waals surface area contributed by atoms with Crippen molar-refractivity contribution in [3.8, 4) is 0 Å². The van der Waals surface area contributed by atoms with Crippen LogP contribution < -0.4 is 5.73 Å². The zero-order chi connectivity index (χ0) is 10.4. The molecular formula is C3H11NO7S. The molecule has 0 spiro atoms. The van der Waals surface area contributed by atoms with Crippen molar-refractivity contribution in [2.75, 3.05) is 13.7 Å². The fraction of sp³-hybridized carbons (Fsp3) is 1.00. The van der Waals surface area contributed by atoms with Gasteiger partial charge in [-0.3, -0.25) is 8.74 Å². The Morgan fingerprint density at radius 1 is 1.42 bits per heavy atom. The van der Waals surface area contributed by atoms with Crippen LogP contribution in [0, 0.1) is 0 Å². The summed E-state index contributed by atoms with van der Waals surface area (Å²) < 4.78 is 29.7. The average Bonchev–Trinajstić information content (AvgIpc) is 1.86. The van der Waals surface area contributed by atoms with Crippen LogP contribution in [-0.4, -0.2) is 47.9 Å². The molecule has 0 bridgehead atoms. The second-order valence-corrected chi connectivity index (χ2v) is 2.76. The Hall–Kier alpha value is -0.290. The van der Waals surface area contributed by atoms with Crippen LogP contribution >= 0.6 is 0 Å². The molecule has 0 fully saturated rings. The molecule has 12 heavy (non-hydrogen) atoms. The minimum atomic E-state index is -4.16. The van der Waals surface area contributed by atoms with E-state index in [-0.39, 0.29) is 0 Å². The molecule has 0 atom stereocenters. The summed E-state index contributed by atoms with van der Waals surface area (Å²) >= 11 is 0. The van der Waals surface area contributed by atoms with Crippen molar-refractivity contribution < 1.29 is 32.5 Å². The number of hydrogen-bond donors (Lipinski definition) is 5. The lowest BCUT2D eigenvalue weighted by Crippen LogP contribution is -2.36. The molecule has 6 N–H and O–H groups in total. The van der Waals surface area contributed by atoms with Crippen LogP contribution in [0.4, 0.5) is 0 Å². The second-order valence-electron chi connectivity index (χ2n) is 1.57. The van der Waals surface area contributed by atoms with E-state index in [1.807, 2.05) is 0 Å². The first-order valence-electron chi connectivity index (χ1n) is 2.52. The Morgan fingerprint density at radius 3 is 1.58 bits per heavy atom. The van der Waals surface area contributed by atoms with Gasteiger partial charge in [0.25, 0.3) is 5.97 Å². The van der Waals surface area contributed by atoms with Gasteiger partial charge in [0.15, 0.2) is 0 Å². The molecule has 9 heteroatoms. The predicted molar refractivity (Wildman–Crippen MR) is 37.0 cm³/mol. The smallest absolute Gasteiger partial charge is 0.343 e. The summed E-state index contributed by atoms with van der Waals surface area (Å²) in [6.45, 7) is -0.562. The van der Waals surface area contributed by atoms with Gasteiger partial charge in [0.2, 0.25) is 0 Å². The summed E-state index contributed by atoms with van der Waals surface area (Å²) in [5, 5.41) is 23.4. The lowest BCUT2D eigenvalue weighted by molar-refractivity contribution is -0.302. The van der Waals surface area contributed by atoms with E-state index in [4.69, 9.17) is 19.9 Å². The standard InChI is InChI=1S/C2H7NO3.CH4O4S/c3-1-2(4,5)6;1-5-6(2,3)4/h4-6H,1,3H2;1H3,(H,2,3,4). The fourth-order valence-electron chi connectivity index (χ4n) is 0.